The van der Waals surface area contributed by atoms with E-state index in [0.29, 0.717) is 6.54 Å². The minimum absolute atomic E-state index is 0.109. The third-order valence-corrected chi connectivity index (χ3v) is 3.47. The molecule has 0 bridgehead atoms. The summed E-state index contributed by atoms with van der Waals surface area (Å²) in [5, 5.41) is 3.40. The summed E-state index contributed by atoms with van der Waals surface area (Å²) < 4.78 is 5.53. The van der Waals surface area contributed by atoms with Gasteiger partial charge >= 0.3 is 5.97 Å². The zero-order valence-corrected chi connectivity index (χ0v) is 12.0. The Morgan fingerprint density at radius 3 is 2.37 bits per heavy atom. The maximum Gasteiger partial charge on any atom is 0.326 e. The highest BCUT2D eigenvalue weighted by Crippen LogP contribution is 2.34. The number of nitrogens with one attached hydrogen (secondary N) is 1. The van der Waals surface area contributed by atoms with E-state index < -0.39 is 11.1 Å². The van der Waals surface area contributed by atoms with Crippen LogP contribution in [0.25, 0.3) is 0 Å². The standard InChI is InChI=1S/C16H23NO2/c1-15(2,3)19-14(18)16(10-7-11-16)17-12-13-8-5-4-6-9-13/h4-6,8-9,17H,7,10-12H2,1-3H3. The second kappa shape index (κ2) is 5.33. The largest absolute Gasteiger partial charge is 0.459 e. The fourth-order valence-electron chi connectivity index (χ4n) is 2.23. The third kappa shape index (κ3) is 3.57. The molecule has 0 radical (unpaired) electrons. The van der Waals surface area contributed by atoms with Crippen molar-refractivity contribution in [2.45, 2.75) is 57.7 Å². The summed E-state index contributed by atoms with van der Waals surface area (Å²) in [6.45, 7) is 6.44. The van der Waals surface area contributed by atoms with Gasteiger partial charge in [-0.05, 0) is 45.6 Å². The highest BCUT2D eigenvalue weighted by molar-refractivity contribution is 5.82. The van der Waals surface area contributed by atoms with Crippen LogP contribution in [0.2, 0.25) is 0 Å². The number of hydrogen-bond acceptors (Lipinski definition) is 3. The summed E-state index contributed by atoms with van der Waals surface area (Å²) >= 11 is 0. The molecule has 19 heavy (non-hydrogen) atoms. The molecule has 1 aliphatic rings. The Balaban J connectivity index is 1.97. The van der Waals surface area contributed by atoms with Crippen molar-refractivity contribution in [1.29, 1.82) is 0 Å². The second-order valence-electron chi connectivity index (χ2n) is 6.28. The number of esters is 1. The van der Waals surface area contributed by atoms with E-state index in [-0.39, 0.29) is 5.97 Å². The summed E-state index contributed by atoms with van der Waals surface area (Å²) in [5.74, 6) is -0.109. The molecule has 0 saturated heterocycles. The van der Waals surface area contributed by atoms with Crippen LogP contribution in [0.4, 0.5) is 0 Å². The topological polar surface area (TPSA) is 38.3 Å². The van der Waals surface area contributed by atoms with Crippen molar-refractivity contribution >= 4 is 5.97 Å². The Bertz CT molecular complexity index is 430. The van der Waals surface area contributed by atoms with Gasteiger partial charge in [0.25, 0.3) is 0 Å². The smallest absolute Gasteiger partial charge is 0.326 e. The van der Waals surface area contributed by atoms with Gasteiger partial charge < -0.3 is 4.74 Å². The number of ether oxygens (including phenoxy) is 1. The second-order valence-corrected chi connectivity index (χ2v) is 6.28. The molecule has 1 aliphatic carbocycles. The van der Waals surface area contributed by atoms with Crippen molar-refractivity contribution < 1.29 is 9.53 Å². The Labute approximate surface area is 115 Å². The van der Waals surface area contributed by atoms with E-state index in [1.807, 2.05) is 39.0 Å². The summed E-state index contributed by atoms with van der Waals surface area (Å²) in [4.78, 5) is 12.3. The molecule has 0 aromatic heterocycles. The summed E-state index contributed by atoms with van der Waals surface area (Å²) in [6, 6.07) is 10.1. The molecule has 0 atom stereocenters. The average molecular weight is 261 g/mol. The van der Waals surface area contributed by atoms with Crippen LogP contribution in [0.15, 0.2) is 30.3 Å². The van der Waals surface area contributed by atoms with Crippen molar-refractivity contribution in [3.05, 3.63) is 35.9 Å². The monoisotopic (exact) mass is 261 g/mol. The predicted octanol–water partition coefficient (Wildman–Crippen LogP) is 3.04. The van der Waals surface area contributed by atoms with Crippen molar-refractivity contribution in [3.63, 3.8) is 0 Å². The first kappa shape index (κ1) is 14.1. The SMILES string of the molecule is CC(C)(C)OC(=O)C1(NCc2ccccc2)CCC1. The van der Waals surface area contributed by atoms with Gasteiger partial charge in [0.05, 0.1) is 0 Å². The molecule has 3 heteroatoms. The Hall–Kier alpha value is -1.35. The fraction of sp³-hybridized carbons (Fsp3) is 0.562. The number of rotatable bonds is 4. The number of hydrogen-bond donors (Lipinski definition) is 1. The molecule has 1 N–H and O–H groups in total. The lowest BCUT2D eigenvalue weighted by molar-refractivity contribution is -0.167. The molecule has 0 heterocycles. The van der Waals surface area contributed by atoms with E-state index in [1.165, 1.54) is 5.56 Å². The third-order valence-electron chi connectivity index (χ3n) is 3.47. The number of carbonyl (C=O) groups excluding carboxylic acids is 1. The molecule has 2 rings (SSSR count). The molecule has 104 valence electrons. The normalized spacial score (nSPS) is 17.6. The van der Waals surface area contributed by atoms with Crippen LogP contribution in [0.3, 0.4) is 0 Å². The molecule has 0 amide bonds. The fourth-order valence-corrected chi connectivity index (χ4v) is 2.23. The van der Waals surface area contributed by atoms with Crippen LogP contribution in [0.1, 0.15) is 45.6 Å². The first-order valence-corrected chi connectivity index (χ1v) is 6.94. The van der Waals surface area contributed by atoms with Gasteiger partial charge in [0.1, 0.15) is 11.1 Å². The molecule has 1 aromatic rings. The maximum absolute atomic E-state index is 12.3. The molecule has 1 saturated carbocycles. The van der Waals surface area contributed by atoms with E-state index in [1.54, 1.807) is 0 Å². The minimum atomic E-state index is -0.469. The zero-order chi connectivity index (χ0) is 13.9. The Morgan fingerprint density at radius 2 is 1.89 bits per heavy atom. The van der Waals surface area contributed by atoms with Crippen molar-refractivity contribution in [2.24, 2.45) is 0 Å². The molecule has 0 aliphatic heterocycles. The summed E-state index contributed by atoms with van der Waals surface area (Å²) in [6.07, 6.45) is 2.82. The lowest BCUT2D eigenvalue weighted by atomic mass is 9.76. The van der Waals surface area contributed by atoms with E-state index >= 15 is 0 Å². The van der Waals surface area contributed by atoms with Crippen molar-refractivity contribution in [3.8, 4) is 0 Å². The van der Waals surface area contributed by atoms with Crippen LogP contribution in [-0.4, -0.2) is 17.1 Å². The highest BCUT2D eigenvalue weighted by atomic mass is 16.6. The van der Waals surface area contributed by atoms with Gasteiger partial charge in [0.2, 0.25) is 0 Å². The molecule has 1 aromatic carbocycles. The van der Waals surface area contributed by atoms with Gasteiger partial charge in [0, 0.05) is 6.54 Å². The molecule has 3 nitrogen and oxygen atoms in total. The zero-order valence-electron chi connectivity index (χ0n) is 12.0. The van der Waals surface area contributed by atoms with Crippen LogP contribution in [0.5, 0.6) is 0 Å². The molecule has 0 unspecified atom stereocenters. The first-order valence-electron chi connectivity index (χ1n) is 6.94. The maximum atomic E-state index is 12.3. The van der Waals surface area contributed by atoms with E-state index in [2.05, 4.69) is 17.4 Å². The minimum Gasteiger partial charge on any atom is -0.459 e. The van der Waals surface area contributed by atoms with Crippen LogP contribution in [-0.2, 0) is 16.1 Å². The van der Waals surface area contributed by atoms with Crippen molar-refractivity contribution in [2.75, 3.05) is 0 Å². The van der Waals surface area contributed by atoms with Gasteiger partial charge in [-0.2, -0.15) is 0 Å². The van der Waals surface area contributed by atoms with Gasteiger partial charge in [-0.3, -0.25) is 10.1 Å². The molecular formula is C16H23NO2. The van der Waals surface area contributed by atoms with Gasteiger partial charge in [-0.15, -0.1) is 0 Å². The quantitative estimate of drug-likeness (QED) is 0.847. The highest BCUT2D eigenvalue weighted by Gasteiger charge is 2.46. The first-order chi connectivity index (χ1) is 8.91. The van der Waals surface area contributed by atoms with Gasteiger partial charge in [-0.1, -0.05) is 30.3 Å². The lowest BCUT2D eigenvalue weighted by Gasteiger charge is -2.41. The van der Waals surface area contributed by atoms with E-state index in [0.717, 1.165) is 19.3 Å². The Morgan fingerprint density at radius 1 is 1.26 bits per heavy atom. The number of benzene rings is 1. The molecular weight excluding hydrogens is 238 g/mol. The average Bonchev–Trinajstić information content (AvgIpc) is 2.26. The number of carbonyl (C=O) groups is 1. The van der Waals surface area contributed by atoms with Gasteiger partial charge in [-0.25, -0.2) is 0 Å². The van der Waals surface area contributed by atoms with Gasteiger partial charge in [0.15, 0.2) is 0 Å². The van der Waals surface area contributed by atoms with Crippen LogP contribution in [0, 0.1) is 0 Å². The van der Waals surface area contributed by atoms with E-state index in [4.69, 9.17) is 4.74 Å². The predicted molar refractivity (Wildman–Crippen MR) is 75.7 cm³/mol. The Kier molecular flexibility index (Phi) is 3.95. The summed E-state index contributed by atoms with van der Waals surface area (Å²) in [5.41, 5.74) is 0.300. The van der Waals surface area contributed by atoms with E-state index in [9.17, 15) is 4.79 Å². The van der Waals surface area contributed by atoms with Crippen LogP contribution >= 0.6 is 0 Å². The molecule has 1 fully saturated rings. The summed E-state index contributed by atoms with van der Waals surface area (Å²) in [7, 11) is 0. The lowest BCUT2D eigenvalue weighted by Crippen LogP contribution is -2.58. The van der Waals surface area contributed by atoms with Crippen LogP contribution < -0.4 is 5.32 Å². The van der Waals surface area contributed by atoms with Crippen molar-refractivity contribution in [1.82, 2.24) is 5.32 Å². The molecule has 0 spiro atoms.